The number of nitrogens with one attached hydrogen (secondary N) is 1. The molecule has 0 saturated carbocycles. The Morgan fingerprint density at radius 1 is 1.14 bits per heavy atom. The van der Waals surface area contributed by atoms with Gasteiger partial charge in [-0.1, -0.05) is 22.4 Å². The van der Waals surface area contributed by atoms with Crippen LogP contribution in [0, 0.1) is 0 Å². The summed E-state index contributed by atoms with van der Waals surface area (Å²) in [5.74, 6) is 0. The van der Waals surface area contributed by atoms with Crippen molar-refractivity contribution in [1.29, 1.82) is 0 Å². The molecule has 0 amide bonds. The number of alkyl halides is 3. The Morgan fingerprint density at radius 3 is 2.71 bits per heavy atom. The van der Waals surface area contributed by atoms with E-state index in [9.17, 15) is 13.2 Å². The molecule has 21 heavy (non-hydrogen) atoms. The van der Waals surface area contributed by atoms with Gasteiger partial charge in [0.15, 0.2) is 0 Å². The zero-order valence-corrected chi connectivity index (χ0v) is 13.2. The first-order chi connectivity index (χ1) is 9.95. The predicted molar refractivity (Wildman–Crippen MR) is 80.4 cm³/mol. The summed E-state index contributed by atoms with van der Waals surface area (Å²) in [6.07, 6.45) is 0.0350. The molecule has 1 aromatic carbocycles. The van der Waals surface area contributed by atoms with Crippen molar-refractivity contribution in [3.05, 3.63) is 28.2 Å². The summed E-state index contributed by atoms with van der Waals surface area (Å²) in [4.78, 5) is 2.41. The fourth-order valence-corrected chi connectivity index (χ4v) is 3.86. The molecule has 0 spiro atoms. The Bertz CT molecular complexity index is 518. The third kappa shape index (κ3) is 3.21. The fourth-order valence-electron chi connectivity index (χ4n) is 3.50. The minimum Gasteiger partial charge on any atom is -0.380 e. The van der Waals surface area contributed by atoms with Gasteiger partial charge in [0.25, 0.3) is 0 Å². The Hall–Kier alpha value is -0.750. The van der Waals surface area contributed by atoms with E-state index in [0.29, 0.717) is 10.5 Å². The monoisotopic (exact) mass is 362 g/mol. The zero-order chi connectivity index (χ0) is 15.0. The fraction of sp³-hybridized carbons (Fsp3) is 0.600. The first kappa shape index (κ1) is 15.2. The Balaban J connectivity index is 1.83. The lowest BCUT2D eigenvalue weighted by Crippen LogP contribution is -2.41. The van der Waals surface area contributed by atoms with Crippen LogP contribution in [0.15, 0.2) is 22.7 Å². The number of hydrogen-bond acceptors (Lipinski definition) is 2. The van der Waals surface area contributed by atoms with Gasteiger partial charge in [0.2, 0.25) is 0 Å². The SMILES string of the molecule is FC(F)(F)c1ccc(Br)cc1NC1CCN2CCCCC12. The first-order valence-electron chi connectivity index (χ1n) is 7.32. The first-order valence-corrected chi connectivity index (χ1v) is 8.12. The molecule has 1 N–H and O–H groups in total. The summed E-state index contributed by atoms with van der Waals surface area (Å²) in [5, 5.41) is 3.16. The van der Waals surface area contributed by atoms with Gasteiger partial charge in [-0.25, -0.2) is 0 Å². The highest BCUT2D eigenvalue weighted by Gasteiger charge is 2.38. The van der Waals surface area contributed by atoms with Crippen LogP contribution in [-0.4, -0.2) is 30.1 Å². The van der Waals surface area contributed by atoms with Crippen LogP contribution in [-0.2, 0) is 6.18 Å². The van der Waals surface area contributed by atoms with E-state index < -0.39 is 11.7 Å². The number of halogens is 4. The number of rotatable bonds is 2. The second-order valence-corrected chi connectivity index (χ2v) is 6.74. The van der Waals surface area contributed by atoms with Crippen LogP contribution in [0.3, 0.4) is 0 Å². The van der Waals surface area contributed by atoms with E-state index in [1.807, 2.05) is 0 Å². The number of nitrogens with zero attached hydrogens (tertiary/aromatic N) is 1. The smallest absolute Gasteiger partial charge is 0.380 e. The van der Waals surface area contributed by atoms with Crippen molar-refractivity contribution in [3.63, 3.8) is 0 Å². The second kappa shape index (κ2) is 5.80. The third-order valence-electron chi connectivity index (χ3n) is 4.48. The lowest BCUT2D eigenvalue weighted by Gasteiger charge is -2.33. The van der Waals surface area contributed by atoms with Gasteiger partial charge in [-0.15, -0.1) is 0 Å². The molecule has 0 aromatic heterocycles. The number of anilines is 1. The molecule has 2 aliphatic rings. The predicted octanol–water partition coefficient (Wildman–Crippen LogP) is 4.51. The van der Waals surface area contributed by atoms with Gasteiger partial charge >= 0.3 is 6.18 Å². The lowest BCUT2D eigenvalue weighted by atomic mass is 9.98. The Kier molecular flexibility index (Phi) is 4.19. The molecule has 116 valence electrons. The number of fused-ring (bicyclic) bond motifs is 1. The average Bonchev–Trinajstić information content (AvgIpc) is 2.81. The van der Waals surface area contributed by atoms with Gasteiger partial charge in [0.05, 0.1) is 5.56 Å². The van der Waals surface area contributed by atoms with E-state index in [2.05, 4.69) is 26.1 Å². The molecule has 2 saturated heterocycles. The number of hydrogen-bond donors (Lipinski definition) is 1. The van der Waals surface area contributed by atoms with Crippen LogP contribution in [0.4, 0.5) is 18.9 Å². The van der Waals surface area contributed by atoms with Crippen LogP contribution < -0.4 is 5.32 Å². The standard InChI is InChI=1S/C15H18BrF3N2/c16-10-4-5-11(15(17,18)19)13(9-10)20-12-6-8-21-7-2-1-3-14(12)21/h4-5,9,12,14,20H,1-3,6-8H2. The Morgan fingerprint density at radius 2 is 1.95 bits per heavy atom. The molecule has 0 bridgehead atoms. The molecule has 3 rings (SSSR count). The summed E-state index contributed by atoms with van der Waals surface area (Å²) >= 11 is 3.26. The molecule has 2 fully saturated rings. The van der Waals surface area contributed by atoms with E-state index in [1.54, 1.807) is 0 Å². The van der Waals surface area contributed by atoms with Gasteiger partial charge < -0.3 is 5.32 Å². The summed E-state index contributed by atoms with van der Waals surface area (Å²) in [6, 6.07) is 4.60. The minimum absolute atomic E-state index is 0.112. The number of benzene rings is 1. The van der Waals surface area contributed by atoms with E-state index in [0.717, 1.165) is 32.0 Å². The second-order valence-electron chi connectivity index (χ2n) is 5.83. The van der Waals surface area contributed by atoms with Crippen LogP contribution in [0.2, 0.25) is 0 Å². The average molecular weight is 363 g/mol. The van der Waals surface area contributed by atoms with Gasteiger partial charge in [-0.2, -0.15) is 13.2 Å². The highest BCUT2D eigenvalue weighted by Crippen LogP contribution is 2.38. The molecular weight excluding hydrogens is 345 g/mol. The summed E-state index contributed by atoms with van der Waals surface area (Å²) in [5.41, 5.74) is -0.394. The van der Waals surface area contributed by atoms with Crippen molar-refractivity contribution in [2.24, 2.45) is 0 Å². The van der Waals surface area contributed by atoms with Crippen molar-refractivity contribution in [1.82, 2.24) is 4.90 Å². The molecule has 2 nitrogen and oxygen atoms in total. The highest BCUT2D eigenvalue weighted by atomic mass is 79.9. The maximum atomic E-state index is 13.1. The van der Waals surface area contributed by atoms with Crippen molar-refractivity contribution in [3.8, 4) is 0 Å². The molecule has 2 unspecified atom stereocenters. The molecule has 1 aromatic rings. The van der Waals surface area contributed by atoms with E-state index in [1.165, 1.54) is 25.0 Å². The molecule has 6 heteroatoms. The van der Waals surface area contributed by atoms with Crippen molar-refractivity contribution >= 4 is 21.6 Å². The molecule has 2 atom stereocenters. The van der Waals surface area contributed by atoms with Gasteiger partial charge in [-0.05, 0) is 44.0 Å². The summed E-state index contributed by atoms with van der Waals surface area (Å²) in [7, 11) is 0. The van der Waals surface area contributed by atoms with Crippen LogP contribution in [0.1, 0.15) is 31.2 Å². The minimum atomic E-state index is -4.33. The molecule has 2 heterocycles. The topological polar surface area (TPSA) is 15.3 Å². The summed E-state index contributed by atoms with van der Waals surface area (Å²) < 4.78 is 40.0. The van der Waals surface area contributed by atoms with Crippen LogP contribution in [0.5, 0.6) is 0 Å². The molecule has 2 aliphatic heterocycles. The van der Waals surface area contributed by atoms with Crippen LogP contribution >= 0.6 is 15.9 Å². The van der Waals surface area contributed by atoms with Gasteiger partial charge in [-0.3, -0.25) is 4.90 Å². The van der Waals surface area contributed by atoms with E-state index in [4.69, 9.17) is 0 Å². The maximum Gasteiger partial charge on any atom is 0.418 e. The molecule has 0 aliphatic carbocycles. The van der Waals surface area contributed by atoms with Crippen molar-refractivity contribution < 1.29 is 13.2 Å². The largest absolute Gasteiger partial charge is 0.418 e. The normalized spacial score (nSPS) is 26.7. The van der Waals surface area contributed by atoms with Crippen molar-refractivity contribution in [2.45, 2.75) is 43.9 Å². The van der Waals surface area contributed by atoms with Crippen molar-refractivity contribution in [2.75, 3.05) is 18.4 Å². The quantitative estimate of drug-likeness (QED) is 0.832. The molecular formula is C15H18BrF3N2. The van der Waals surface area contributed by atoms with Gasteiger partial charge in [0.1, 0.15) is 0 Å². The Labute approximate surface area is 130 Å². The zero-order valence-electron chi connectivity index (χ0n) is 11.6. The maximum absolute atomic E-state index is 13.1. The van der Waals surface area contributed by atoms with Gasteiger partial charge in [0, 0.05) is 28.8 Å². The van der Waals surface area contributed by atoms with E-state index in [-0.39, 0.29) is 11.7 Å². The number of piperidine rings is 1. The lowest BCUT2D eigenvalue weighted by molar-refractivity contribution is -0.137. The van der Waals surface area contributed by atoms with E-state index >= 15 is 0 Å². The summed E-state index contributed by atoms with van der Waals surface area (Å²) in [6.45, 7) is 2.06. The highest BCUT2D eigenvalue weighted by molar-refractivity contribution is 9.10. The molecule has 0 radical (unpaired) electrons. The van der Waals surface area contributed by atoms with Crippen LogP contribution in [0.25, 0.3) is 0 Å². The third-order valence-corrected chi connectivity index (χ3v) is 4.98.